The number of hydrogen-bond donors (Lipinski definition) is 1. The molecule has 0 heterocycles. The van der Waals surface area contributed by atoms with Gasteiger partial charge in [-0.15, -0.1) is 0 Å². The van der Waals surface area contributed by atoms with E-state index in [-0.39, 0.29) is 18.7 Å². The van der Waals surface area contributed by atoms with Crippen molar-refractivity contribution in [2.45, 2.75) is 12.6 Å². The van der Waals surface area contributed by atoms with Crippen LogP contribution in [0.2, 0.25) is 0 Å². The molecule has 6 heteroatoms. The van der Waals surface area contributed by atoms with Gasteiger partial charge in [0.2, 0.25) is 0 Å². The Balaban J connectivity index is 2.38. The Morgan fingerprint density at radius 2 is 1.71 bits per heavy atom. The van der Waals surface area contributed by atoms with Crippen molar-refractivity contribution in [2.24, 2.45) is 0 Å². The van der Waals surface area contributed by atoms with Crippen LogP contribution in [0.4, 0.5) is 13.2 Å². The van der Waals surface area contributed by atoms with Crippen molar-refractivity contribution in [1.82, 2.24) is 5.32 Å². The number of hydrogen-bond acceptors (Lipinski definition) is 2. The van der Waals surface area contributed by atoms with Gasteiger partial charge in [-0.2, -0.15) is 13.2 Å². The molecular formula is C11H10F3NO2. The van der Waals surface area contributed by atoms with Crippen molar-refractivity contribution >= 4 is 11.7 Å². The lowest BCUT2D eigenvalue weighted by atomic mass is 10.1. The summed E-state index contributed by atoms with van der Waals surface area (Å²) in [7, 11) is 0. The first kappa shape index (κ1) is 13.2. The minimum absolute atomic E-state index is 0.161. The molecule has 1 N–H and O–H groups in total. The summed E-state index contributed by atoms with van der Waals surface area (Å²) in [5.74, 6) is -2.34. The van der Waals surface area contributed by atoms with Crippen molar-refractivity contribution in [2.75, 3.05) is 6.54 Å². The van der Waals surface area contributed by atoms with Crippen LogP contribution in [0.5, 0.6) is 0 Å². The van der Waals surface area contributed by atoms with Gasteiger partial charge in [-0.05, 0) is 0 Å². The number of Topliss-reactive ketones (excluding diaryl/α,β-unsaturated/α-hetero) is 1. The van der Waals surface area contributed by atoms with E-state index >= 15 is 0 Å². The fourth-order valence-corrected chi connectivity index (χ4v) is 1.16. The van der Waals surface area contributed by atoms with Gasteiger partial charge in [-0.3, -0.25) is 9.59 Å². The third-order valence-electron chi connectivity index (χ3n) is 1.99. The van der Waals surface area contributed by atoms with Gasteiger partial charge in [0.15, 0.2) is 5.78 Å². The highest BCUT2D eigenvalue weighted by molar-refractivity contribution is 5.96. The van der Waals surface area contributed by atoms with E-state index in [1.807, 2.05) is 0 Å². The van der Waals surface area contributed by atoms with Crippen LogP contribution in [-0.4, -0.2) is 24.4 Å². The van der Waals surface area contributed by atoms with E-state index in [1.165, 1.54) is 0 Å². The summed E-state index contributed by atoms with van der Waals surface area (Å²) in [6.45, 7) is -0.327. The highest BCUT2D eigenvalue weighted by atomic mass is 19.4. The molecule has 1 aromatic rings. The van der Waals surface area contributed by atoms with E-state index < -0.39 is 12.1 Å². The van der Waals surface area contributed by atoms with Gasteiger partial charge in [0.25, 0.3) is 0 Å². The van der Waals surface area contributed by atoms with Crippen LogP contribution in [0.25, 0.3) is 0 Å². The number of nitrogens with one attached hydrogen (secondary N) is 1. The lowest BCUT2D eigenvalue weighted by Gasteiger charge is -2.07. The van der Waals surface area contributed by atoms with Crippen LogP contribution in [-0.2, 0) is 4.79 Å². The van der Waals surface area contributed by atoms with Crippen molar-refractivity contribution in [3.63, 3.8) is 0 Å². The van der Waals surface area contributed by atoms with Crippen LogP contribution >= 0.6 is 0 Å². The molecular weight excluding hydrogens is 235 g/mol. The van der Waals surface area contributed by atoms with Gasteiger partial charge in [0.1, 0.15) is 0 Å². The lowest BCUT2D eigenvalue weighted by Crippen LogP contribution is -2.37. The number of carbonyl (C=O) groups is 2. The van der Waals surface area contributed by atoms with Crippen LogP contribution in [0.15, 0.2) is 30.3 Å². The number of amides is 1. The summed E-state index contributed by atoms with van der Waals surface area (Å²) in [5.41, 5.74) is 0.411. The summed E-state index contributed by atoms with van der Waals surface area (Å²) in [5, 5.41) is 1.64. The first-order valence-corrected chi connectivity index (χ1v) is 4.84. The second kappa shape index (κ2) is 5.47. The molecule has 0 aromatic heterocycles. The Bertz CT molecular complexity index is 401. The quantitative estimate of drug-likeness (QED) is 0.824. The van der Waals surface area contributed by atoms with Crippen molar-refractivity contribution < 1.29 is 22.8 Å². The summed E-state index contributed by atoms with van der Waals surface area (Å²) in [4.78, 5) is 21.9. The Kier molecular flexibility index (Phi) is 4.25. The summed E-state index contributed by atoms with van der Waals surface area (Å²) >= 11 is 0. The van der Waals surface area contributed by atoms with E-state index in [0.717, 1.165) is 0 Å². The molecule has 0 radical (unpaired) electrons. The maximum atomic E-state index is 11.8. The summed E-state index contributed by atoms with van der Waals surface area (Å²) in [6.07, 6.45) is -5.07. The monoisotopic (exact) mass is 245 g/mol. The van der Waals surface area contributed by atoms with Crippen molar-refractivity contribution in [1.29, 1.82) is 0 Å². The van der Waals surface area contributed by atoms with E-state index in [9.17, 15) is 22.8 Å². The molecule has 3 nitrogen and oxygen atoms in total. The predicted molar refractivity (Wildman–Crippen MR) is 54.5 cm³/mol. The maximum absolute atomic E-state index is 11.8. The number of halogens is 3. The standard InChI is InChI=1S/C11H10F3NO2/c12-11(13,14)10(17)15-7-6-9(16)8-4-2-1-3-5-8/h1-5H,6-7H2,(H,15,17). The number of ketones is 1. The van der Waals surface area contributed by atoms with Gasteiger partial charge in [-0.25, -0.2) is 0 Å². The molecule has 17 heavy (non-hydrogen) atoms. The number of benzene rings is 1. The second-order valence-corrected chi connectivity index (χ2v) is 3.29. The number of alkyl halides is 3. The molecule has 1 aromatic carbocycles. The van der Waals surface area contributed by atoms with Crippen LogP contribution in [0, 0.1) is 0 Å². The molecule has 0 fully saturated rings. The molecule has 0 saturated carbocycles. The Morgan fingerprint density at radius 3 is 2.24 bits per heavy atom. The molecule has 0 atom stereocenters. The minimum atomic E-state index is -4.91. The Labute approximate surface area is 95.6 Å². The Hall–Kier alpha value is -1.85. The predicted octanol–water partition coefficient (Wildman–Crippen LogP) is 1.94. The first-order chi connectivity index (χ1) is 7.91. The molecule has 0 saturated heterocycles. The van der Waals surface area contributed by atoms with E-state index in [1.54, 1.807) is 35.6 Å². The Morgan fingerprint density at radius 1 is 1.12 bits per heavy atom. The summed E-state index contributed by atoms with van der Waals surface area (Å²) in [6, 6.07) is 8.16. The van der Waals surface area contributed by atoms with Crippen molar-refractivity contribution in [3.8, 4) is 0 Å². The first-order valence-electron chi connectivity index (χ1n) is 4.84. The van der Waals surface area contributed by atoms with E-state index in [4.69, 9.17) is 0 Å². The van der Waals surface area contributed by atoms with Crippen LogP contribution in [0.3, 0.4) is 0 Å². The van der Waals surface area contributed by atoms with Gasteiger partial charge >= 0.3 is 12.1 Å². The third kappa shape index (κ3) is 4.26. The third-order valence-corrected chi connectivity index (χ3v) is 1.99. The molecule has 0 aliphatic carbocycles. The average molecular weight is 245 g/mol. The van der Waals surface area contributed by atoms with Gasteiger partial charge in [0.05, 0.1) is 0 Å². The molecule has 0 aliphatic heterocycles. The maximum Gasteiger partial charge on any atom is 0.471 e. The normalized spacial score (nSPS) is 11.0. The zero-order chi connectivity index (χ0) is 12.9. The fourth-order valence-electron chi connectivity index (χ4n) is 1.16. The molecule has 0 bridgehead atoms. The van der Waals surface area contributed by atoms with Gasteiger partial charge in [-0.1, -0.05) is 30.3 Å². The average Bonchev–Trinajstić information content (AvgIpc) is 2.28. The van der Waals surface area contributed by atoms with Crippen LogP contribution < -0.4 is 5.32 Å². The highest BCUT2D eigenvalue weighted by Crippen LogP contribution is 2.14. The SMILES string of the molecule is O=C(CCNC(=O)C(F)(F)F)c1ccccc1. The number of carbonyl (C=O) groups excluding carboxylic acids is 2. The largest absolute Gasteiger partial charge is 0.471 e. The molecule has 0 spiro atoms. The smallest absolute Gasteiger partial charge is 0.348 e. The van der Waals surface area contributed by atoms with Crippen LogP contribution in [0.1, 0.15) is 16.8 Å². The minimum Gasteiger partial charge on any atom is -0.348 e. The number of rotatable bonds is 4. The van der Waals surface area contributed by atoms with Gasteiger partial charge < -0.3 is 5.32 Å². The molecule has 1 rings (SSSR count). The topological polar surface area (TPSA) is 46.2 Å². The fraction of sp³-hybridized carbons (Fsp3) is 0.273. The highest BCUT2D eigenvalue weighted by Gasteiger charge is 2.38. The lowest BCUT2D eigenvalue weighted by molar-refractivity contribution is -0.173. The van der Waals surface area contributed by atoms with E-state index in [0.29, 0.717) is 5.56 Å². The van der Waals surface area contributed by atoms with Crippen molar-refractivity contribution in [3.05, 3.63) is 35.9 Å². The molecule has 0 unspecified atom stereocenters. The molecule has 0 aliphatic rings. The van der Waals surface area contributed by atoms with E-state index in [2.05, 4.69) is 0 Å². The summed E-state index contributed by atoms with van der Waals surface area (Å²) < 4.78 is 35.4. The zero-order valence-corrected chi connectivity index (χ0v) is 8.75. The zero-order valence-electron chi connectivity index (χ0n) is 8.75. The second-order valence-electron chi connectivity index (χ2n) is 3.29. The molecule has 92 valence electrons. The van der Waals surface area contributed by atoms with Gasteiger partial charge in [0, 0.05) is 18.5 Å². The molecule has 1 amide bonds.